The number of methoxy groups -OCH3 is 1. The van der Waals surface area contributed by atoms with Crippen LogP contribution in [0.3, 0.4) is 0 Å². The first-order valence-corrected chi connectivity index (χ1v) is 6.55. The number of para-hydroxylation sites is 1. The molecule has 110 valence electrons. The Bertz CT molecular complexity index is 659. The van der Waals surface area contributed by atoms with E-state index in [0.29, 0.717) is 22.1 Å². The van der Waals surface area contributed by atoms with Crippen molar-refractivity contribution < 1.29 is 14.7 Å². The van der Waals surface area contributed by atoms with Crippen LogP contribution in [0.25, 0.3) is 0 Å². The van der Waals surface area contributed by atoms with Crippen molar-refractivity contribution in [1.82, 2.24) is 0 Å². The largest absolute Gasteiger partial charge is 0.496 e. The second kappa shape index (κ2) is 6.85. The number of benzene rings is 2. The molecular weight excluding hydrogens is 292 g/mol. The van der Waals surface area contributed by atoms with E-state index in [1.165, 1.54) is 0 Å². The molecule has 5 nitrogen and oxygen atoms in total. The summed E-state index contributed by atoms with van der Waals surface area (Å²) < 4.78 is 11.0. The summed E-state index contributed by atoms with van der Waals surface area (Å²) in [6, 6.07) is 12.3. The SMILES string of the molecule is COc1ccc(Cl)cc1COc1ccccc1/C(N)=N/O. The molecule has 0 aliphatic heterocycles. The lowest BCUT2D eigenvalue weighted by molar-refractivity contribution is 0.295. The van der Waals surface area contributed by atoms with Crippen LogP contribution in [-0.4, -0.2) is 18.2 Å². The highest BCUT2D eigenvalue weighted by atomic mass is 35.5. The smallest absolute Gasteiger partial charge is 0.173 e. The number of halogens is 1. The highest BCUT2D eigenvalue weighted by Gasteiger charge is 2.10. The maximum Gasteiger partial charge on any atom is 0.173 e. The van der Waals surface area contributed by atoms with E-state index in [1.807, 2.05) is 0 Å². The summed E-state index contributed by atoms with van der Waals surface area (Å²) in [5.74, 6) is 1.18. The molecule has 0 amide bonds. The summed E-state index contributed by atoms with van der Waals surface area (Å²) in [7, 11) is 1.58. The summed E-state index contributed by atoms with van der Waals surface area (Å²) in [6.07, 6.45) is 0. The molecule has 6 heteroatoms. The number of nitrogens with two attached hydrogens (primary N) is 1. The summed E-state index contributed by atoms with van der Waals surface area (Å²) in [4.78, 5) is 0. The van der Waals surface area contributed by atoms with E-state index in [9.17, 15) is 0 Å². The zero-order chi connectivity index (χ0) is 15.2. The minimum atomic E-state index is -0.0105. The van der Waals surface area contributed by atoms with Crippen LogP contribution >= 0.6 is 11.6 Å². The van der Waals surface area contributed by atoms with Crippen molar-refractivity contribution in [1.29, 1.82) is 0 Å². The van der Waals surface area contributed by atoms with Gasteiger partial charge in [-0.15, -0.1) is 0 Å². The molecule has 0 spiro atoms. The van der Waals surface area contributed by atoms with Gasteiger partial charge in [0.15, 0.2) is 5.84 Å². The van der Waals surface area contributed by atoms with Crippen LogP contribution in [0.15, 0.2) is 47.6 Å². The molecule has 0 bridgehead atoms. The van der Waals surface area contributed by atoms with Gasteiger partial charge in [0, 0.05) is 10.6 Å². The molecule has 0 unspecified atom stereocenters. The first kappa shape index (κ1) is 15.0. The summed E-state index contributed by atoms with van der Waals surface area (Å²) in [5.41, 5.74) is 6.94. The highest BCUT2D eigenvalue weighted by molar-refractivity contribution is 6.30. The van der Waals surface area contributed by atoms with Gasteiger partial charge in [-0.3, -0.25) is 0 Å². The minimum Gasteiger partial charge on any atom is -0.496 e. The van der Waals surface area contributed by atoms with Crippen LogP contribution in [0.4, 0.5) is 0 Å². The van der Waals surface area contributed by atoms with Crippen LogP contribution in [0, 0.1) is 0 Å². The standard InChI is InChI=1S/C15H15ClN2O3/c1-20-13-7-6-11(16)8-10(13)9-21-14-5-3-2-4-12(14)15(17)18-19/h2-8,19H,9H2,1H3,(H2,17,18). The molecule has 0 aliphatic rings. The molecule has 2 rings (SSSR count). The number of hydrogen-bond donors (Lipinski definition) is 2. The lowest BCUT2D eigenvalue weighted by Gasteiger charge is -2.13. The Hall–Kier alpha value is -2.40. The lowest BCUT2D eigenvalue weighted by atomic mass is 10.2. The van der Waals surface area contributed by atoms with E-state index in [0.717, 1.165) is 5.56 Å². The van der Waals surface area contributed by atoms with Gasteiger partial charge in [0.05, 0.1) is 12.7 Å². The summed E-state index contributed by atoms with van der Waals surface area (Å²) in [6.45, 7) is 0.249. The van der Waals surface area contributed by atoms with Gasteiger partial charge >= 0.3 is 0 Å². The first-order valence-electron chi connectivity index (χ1n) is 6.18. The lowest BCUT2D eigenvalue weighted by Crippen LogP contribution is -2.14. The number of hydrogen-bond acceptors (Lipinski definition) is 4. The van der Waals surface area contributed by atoms with Crippen molar-refractivity contribution in [2.24, 2.45) is 10.9 Å². The van der Waals surface area contributed by atoms with Crippen LogP contribution in [0.1, 0.15) is 11.1 Å². The Balaban J connectivity index is 2.23. The van der Waals surface area contributed by atoms with E-state index in [-0.39, 0.29) is 12.4 Å². The molecule has 2 aromatic carbocycles. The summed E-state index contributed by atoms with van der Waals surface area (Å²) in [5, 5.41) is 12.4. The Kier molecular flexibility index (Phi) is 4.90. The fourth-order valence-corrected chi connectivity index (χ4v) is 2.07. The Morgan fingerprint density at radius 1 is 1.24 bits per heavy atom. The van der Waals surface area contributed by atoms with Crippen molar-refractivity contribution >= 4 is 17.4 Å². The molecule has 0 heterocycles. The van der Waals surface area contributed by atoms with Crippen molar-refractivity contribution in [3.8, 4) is 11.5 Å². The molecule has 21 heavy (non-hydrogen) atoms. The van der Waals surface area contributed by atoms with Crippen LogP contribution in [-0.2, 0) is 6.61 Å². The second-order valence-corrected chi connectivity index (χ2v) is 4.66. The molecule has 2 aromatic rings. The van der Waals surface area contributed by atoms with Gasteiger partial charge in [-0.05, 0) is 30.3 Å². The van der Waals surface area contributed by atoms with Gasteiger partial charge in [0.1, 0.15) is 18.1 Å². The monoisotopic (exact) mass is 306 g/mol. The van der Waals surface area contributed by atoms with Gasteiger partial charge in [-0.1, -0.05) is 28.9 Å². The Labute approximate surface area is 127 Å². The van der Waals surface area contributed by atoms with Gasteiger partial charge in [0.25, 0.3) is 0 Å². The van der Waals surface area contributed by atoms with Crippen LogP contribution < -0.4 is 15.2 Å². The Morgan fingerprint density at radius 2 is 2.00 bits per heavy atom. The van der Waals surface area contributed by atoms with Gasteiger partial charge in [-0.2, -0.15) is 0 Å². The fraction of sp³-hybridized carbons (Fsp3) is 0.133. The third kappa shape index (κ3) is 3.58. The molecular formula is C15H15ClN2O3. The maximum atomic E-state index is 8.79. The second-order valence-electron chi connectivity index (χ2n) is 4.23. The van der Waals surface area contributed by atoms with Crippen LogP contribution in [0.2, 0.25) is 5.02 Å². The fourth-order valence-electron chi connectivity index (χ4n) is 1.87. The number of nitrogens with zero attached hydrogens (tertiary/aromatic N) is 1. The number of oxime groups is 1. The molecule has 0 radical (unpaired) electrons. The average molecular weight is 307 g/mol. The third-order valence-corrected chi connectivity index (χ3v) is 3.13. The maximum absolute atomic E-state index is 8.79. The predicted molar refractivity (Wildman–Crippen MR) is 81.3 cm³/mol. The third-order valence-electron chi connectivity index (χ3n) is 2.90. The molecule has 0 fully saturated rings. The predicted octanol–water partition coefficient (Wildman–Crippen LogP) is 3.02. The topological polar surface area (TPSA) is 77.1 Å². The summed E-state index contributed by atoms with van der Waals surface area (Å²) >= 11 is 5.98. The van der Waals surface area contributed by atoms with Gasteiger partial charge in [0.2, 0.25) is 0 Å². The zero-order valence-corrected chi connectivity index (χ0v) is 12.2. The van der Waals surface area contributed by atoms with E-state index < -0.39 is 0 Å². The molecule has 0 saturated heterocycles. The van der Waals surface area contributed by atoms with E-state index >= 15 is 0 Å². The molecule has 0 atom stereocenters. The van der Waals surface area contributed by atoms with Gasteiger partial charge < -0.3 is 20.4 Å². The molecule has 3 N–H and O–H groups in total. The zero-order valence-electron chi connectivity index (χ0n) is 11.4. The first-order chi connectivity index (χ1) is 10.2. The number of ether oxygens (including phenoxy) is 2. The van der Waals surface area contributed by atoms with Gasteiger partial charge in [-0.25, -0.2) is 0 Å². The van der Waals surface area contributed by atoms with E-state index in [4.69, 9.17) is 32.0 Å². The quantitative estimate of drug-likeness (QED) is 0.385. The highest BCUT2D eigenvalue weighted by Crippen LogP contribution is 2.25. The van der Waals surface area contributed by atoms with E-state index in [1.54, 1.807) is 49.6 Å². The number of amidine groups is 1. The van der Waals surface area contributed by atoms with E-state index in [2.05, 4.69) is 5.16 Å². The molecule has 0 aliphatic carbocycles. The molecule has 0 saturated carbocycles. The normalized spacial score (nSPS) is 11.2. The Morgan fingerprint density at radius 3 is 2.71 bits per heavy atom. The average Bonchev–Trinajstić information content (AvgIpc) is 2.52. The minimum absolute atomic E-state index is 0.0105. The van der Waals surface area contributed by atoms with Crippen molar-refractivity contribution in [3.63, 3.8) is 0 Å². The number of rotatable bonds is 5. The van der Waals surface area contributed by atoms with Crippen molar-refractivity contribution in [2.45, 2.75) is 6.61 Å². The molecule has 0 aromatic heterocycles. The van der Waals surface area contributed by atoms with Crippen molar-refractivity contribution in [2.75, 3.05) is 7.11 Å². The van der Waals surface area contributed by atoms with Crippen LogP contribution in [0.5, 0.6) is 11.5 Å². The van der Waals surface area contributed by atoms with Crippen molar-refractivity contribution in [3.05, 3.63) is 58.6 Å².